The smallest absolute Gasteiger partial charge is 0.249 e. The molecule has 1 fully saturated rings. The molecule has 4 nitrogen and oxygen atoms in total. The lowest BCUT2D eigenvalue weighted by Gasteiger charge is -2.39. The Morgan fingerprint density at radius 3 is 2.75 bits per heavy atom. The molecular weight excluding hydrogens is 204 g/mol. The van der Waals surface area contributed by atoms with Gasteiger partial charge >= 0.3 is 0 Å². The molecule has 1 heterocycles. The molecule has 0 aromatic heterocycles. The summed E-state index contributed by atoms with van der Waals surface area (Å²) in [4.78, 5) is 11.2. The summed E-state index contributed by atoms with van der Waals surface area (Å²) in [6.07, 6.45) is 0. The fourth-order valence-electron chi connectivity index (χ4n) is 1.72. The molecule has 0 unspecified atom stereocenters. The largest absolute Gasteiger partial charge is 0.368 e. The number of nitrogens with two attached hydrogens (primary N) is 1. The van der Waals surface area contributed by atoms with Crippen molar-refractivity contribution < 1.29 is 9.53 Å². The van der Waals surface area contributed by atoms with E-state index >= 15 is 0 Å². The van der Waals surface area contributed by atoms with E-state index in [4.69, 9.17) is 10.5 Å². The Morgan fingerprint density at radius 1 is 1.50 bits per heavy atom. The van der Waals surface area contributed by atoms with Crippen LogP contribution in [0.25, 0.3) is 0 Å². The first-order valence-electron chi connectivity index (χ1n) is 5.33. The molecule has 2 rings (SSSR count). The third kappa shape index (κ3) is 2.23. The summed E-state index contributed by atoms with van der Waals surface area (Å²) < 4.78 is 5.77. The monoisotopic (exact) mass is 220 g/mol. The number of ether oxygens (including phenoxy) is 1. The van der Waals surface area contributed by atoms with Gasteiger partial charge in [-0.05, 0) is 18.6 Å². The summed E-state index contributed by atoms with van der Waals surface area (Å²) in [5, 5.41) is 3.16. The first kappa shape index (κ1) is 11.1. The number of rotatable bonds is 4. The van der Waals surface area contributed by atoms with Crippen LogP contribution in [-0.2, 0) is 11.3 Å². The van der Waals surface area contributed by atoms with Crippen LogP contribution in [0.15, 0.2) is 24.3 Å². The molecule has 1 aliphatic heterocycles. The van der Waals surface area contributed by atoms with Gasteiger partial charge in [0, 0.05) is 18.7 Å². The average Bonchev–Trinajstić information content (AvgIpc) is 2.24. The topological polar surface area (TPSA) is 64.3 Å². The van der Waals surface area contributed by atoms with E-state index in [0.29, 0.717) is 12.2 Å². The molecule has 1 aromatic carbocycles. The zero-order valence-electron chi connectivity index (χ0n) is 9.32. The summed E-state index contributed by atoms with van der Waals surface area (Å²) in [5.74, 6) is -0.406. The van der Waals surface area contributed by atoms with Crippen molar-refractivity contribution in [2.75, 3.05) is 13.1 Å². The molecule has 0 spiro atoms. The van der Waals surface area contributed by atoms with E-state index in [9.17, 15) is 4.79 Å². The van der Waals surface area contributed by atoms with Crippen LogP contribution in [0, 0.1) is 0 Å². The Hall–Kier alpha value is -1.39. The molecule has 1 amide bonds. The van der Waals surface area contributed by atoms with Gasteiger partial charge in [-0.1, -0.05) is 18.2 Å². The Morgan fingerprint density at radius 2 is 2.19 bits per heavy atom. The maximum absolute atomic E-state index is 11.2. The SMILES string of the molecule is CC1(OCc2ccccc2C(N)=O)CNC1. The van der Waals surface area contributed by atoms with E-state index in [1.54, 1.807) is 12.1 Å². The lowest BCUT2D eigenvalue weighted by Crippen LogP contribution is -2.58. The van der Waals surface area contributed by atoms with Crippen LogP contribution in [0.5, 0.6) is 0 Å². The third-order valence-corrected chi connectivity index (χ3v) is 2.86. The Kier molecular flexibility index (Phi) is 2.94. The quantitative estimate of drug-likeness (QED) is 0.783. The summed E-state index contributed by atoms with van der Waals surface area (Å²) >= 11 is 0. The van der Waals surface area contributed by atoms with Gasteiger partial charge in [0.2, 0.25) is 5.91 Å². The van der Waals surface area contributed by atoms with Gasteiger partial charge in [-0.2, -0.15) is 0 Å². The summed E-state index contributed by atoms with van der Waals surface area (Å²) in [5.41, 5.74) is 6.58. The molecular formula is C12H16N2O2. The second kappa shape index (κ2) is 4.23. The van der Waals surface area contributed by atoms with E-state index in [2.05, 4.69) is 12.2 Å². The van der Waals surface area contributed by atoms with Crippen LogP contribution in [0.2, 0.25) is 0 Å². The van der Waals surface area contributed by atoms with Gasteiger partial charge in [-0.15, -0.1) is 0 Å². The van der Waals surface area contributed by atoms with E-state index < -0.39 is 5.91 Å². The van der Waals surface area contributed by atoms with Crippen molar-refractivity contribution in [1.82, 2.24) is 5.32 Å². The Balaban J connectivity index is 2.06. The van der Waals surface area contributed by atoms with Gasteiger partial charge in [0.25, 0.3) is 0 Å². The van der Waals surface area contributed by atoms with Crippen LogP contribution in [0.4, 0.5) is 0 Å². The first-order chi connectivity index (χ1) is 7.61. The second-order valence-electron chi connectivity index (χ2n) is 4.36. The van der Waals surface area contributed by atoms with Gasteiger partial charge in [-0.25, -0.2) is 0 Å². The lowest BCUT2D eigenvalue weighted by molar-refractivity contribution is -0.0768. The van der Waals surface area contributed by atoms with Crippen LogP contribution in [0.3, 0.4) is 0 Å². The van der Waals surface area contributed by atoms with Crippen molar-refractivity contribution in [3.8, 4) is 0 Å². The molecule has 1 saturated heterocycles. The van der Waals surface area contributed by atoms with Crippen LogP contribution in [0.1, 0.15) is 22.8 Å². The molecule has 0 aliphatic carbocycles. The van der Waals surface area contributed by atoms with Gasteiger partial charge < -0.3 is 15.8 Å². The van der Waals surface area contributed by atoms with Gasteiger partial charge in [-0.3, -0.25) is 4.79 Å². The van der Waals surface area contributed by atoms with Crippen LogP contribution >= 0.6 is 0 Å². The van der Waals surface area contributed by atoms with Crippen molar-refractivity contribution in [3.05, 3.63) is 35.4 Å². The molecule has 0 atom stereocenters. The number of carbonyl (C=O) groups excluding carboxylic acids is 1. The van der Waals surface area contributed by atoms with Crippen molar-refractivity contribution in [2.24, 2.45) is 5.73 Å². The predicted molar refractivity (Wildman–Crippen MR) is 61.0 cm³/mol. The minimum Gasteiger partial charge on any atom is -0.368 e. The highest BCUT2D eigenvalue weighted by Crippen LogP contribution is 2.19. The lowest BCUT2D eigenvalue weighted by atomic mass is 9.99. The molecule has 0 radical (unpaired) electrons. The zero-order valence-corrected chi connectivity index (χ0v) is 9.32. The fraction of sp³-hybridized carbons (Fsp3) is 0.417. The normalized spacial score (nSPS) is 17.8. The molecule has 0 bridgehead atoms. The van der Waals surface area contributed by atoms with Crippen LogP contribution < -0.4 is 11.1 Å². The molecule has 1 aromatic rings. The molecule has 3 N–H and O–H groups in total. The first-order valence-corrected chi connectivity index (χ1v) is 5.33. The average molecular weight is 220 g/mol. The highest BCUT2D eigenvalue weighted by Gasteiger charge is 2.32. The molecule has 0 saturated carbocycles. The maximum Gasteiger partial charge on any atom is 0.249 e. The van der Waals surface area contributed by atoms with E-state index in [1.807, 2.05) is 12.1 Å². The zero-order chi connectivity index (χ0) is 11.6. The van der Waals surface area contributed by atoms with Gasteiger partial charge in [0.15, 0.2) is 0 Å². The number of benzene rings is 1. The Bertz CT molecular complexity index is 400. The van der Waals surface area contributed by atoms with Gasteiger partial charge in [0.1, 0.15) is 0 Å². The highest BCUT2D eigenvalue weighted by molar-refractivity contribution is 5.94. The number of carbonyl (C=O) groups is 1. The van der Waals surface area contributed by atoms with Crippen molar-refractivity contribution >= 4 is 5.91 Å². The molecule has 16 heavy (non-hydrogen) atoms. The Labute approximate surface area is 94.8 Å². The number of nitrogens with one attached hydrogen (secondary N) is 1. The number of hydrogen-bond acceptors (Lipinski definition) is 3. The van der Waals surface area contributed by atoms with Gasteiger partial charge in [0.05, 0.1) is 12.2 Å². The molecule has 4 heteroatoms. The molecule has 1 aliphatic rings. The van der Waals surface area contributed by atoms with E-state index in [1.165, 1.54) is 0 Å². The standard InChI is InChI=1S/C12H16N2O2/c1-12(7-14-8-12)16-6-9-4-2-3-5-10(9)11(13)15/h2-5,14H,6-8H2,1H3,(H2,13,15). The van der Waals surface area contributed by atoms with Crippen molar-refractivity contribution in [2.45, 2.75) is 19.1 Å². The predicted octanol–water partition coefficient (Wildman–Crippen LogP) is 0.664. The third-order valence-electron chi connectivity index (χ3n) is 2.86. The number of hydrogen-bond donors (Lipinski definition) is 2. The minimum atomic E-state index is -0.406. The fourth-order valence-corrected chi connectivity index (χ4v) is 1.72. The van der Waals surface area contributed by atoms with E-state index in [0.717, 1.165) is 18.7 Å². The minimum absolute atomic E-state index is 0.106. The van der Waals surface area contributed by atoms with Crippen molar-refractivity contribution in [1.29, 1.82) is 0 Å². The van der Waals surface area contributed by atoms with E-state index in [-0.39, 0.29) is 5.60 Å². The summed E-state index contributed by atoms with van der Waals surface area (Å²) in [6, 6.07) is 7.28. The summed E-state index contributed by atoms with van der Waals surface area (Å²) in [7, 11) is 0. The summed E-state index contributed by atoms with van der Waals surface area (Å²) in [6.45, 7) is 4.19. The number of amides is 1. The second-order valence-corrected chi connectivity index (χ2v) is 4.36. The highest BCUT2D eigenvalue weighted by atomic mass is 16.5. The molecule has 86 valence electrons. The number of primary amides is 1. The van der Waals surface area contributed by atoms with Crippen LogP contribution in [-0.4, -0.2) is 24.6 Å². The van der Waals surface area contributed by atoms with Crippen molar-refractivity contribution in [3.63, 3.8) is 0 Å². The maximum atomic E-state index is 11.2.